The zero-order chi connectivity index (χ0) is 14.1. The third-order valence-electron chi connectivity index (χ3n) is 4.23. The molecule has 0 atom stereocenters. The van der Waals surface area contributed by atoms with E-state index in [2.05, 4.69) is 60.0 Å². The highest BCUT2D eigenvalue weighted by Gasteiger charge is 2.15. The second kappa shape index (κ2) is 5.58. The van der Waals surface area contributed by atoms with Gasteiger partial charge in [-0.15, -0.1) is 0 Å². The van der Waals surface area contributed by atoms with E-state index < -0.39 is 0 Å². The number of benzene rings is 1. The van der Waals surface area contributed by atoms with Crippen LogP contribution in [0.2, 0.25) is 0 Å². The summed E-state index contributed by atoms with van der Waals surface area (Å²) in [6.45, 7) is 12.3. The molecular weight excluding hydrogens is 246 g/mol. The molecule has 1 fully saturated rings. The van der Waals surface area contributed by atoms with Crippen molar-refractivity contribution in [2.75, 3.05) is 26.2 Å². The molecule has 3 rings (SSSR count). The van der Waals surface area contributed by atoms with Gasteiger partial charge in [0.1, 0.15) is 0 Å². The first kappa shape index (κ1) is 13.7. The van der Waals surface area contributed by atoms with Crippen LogP contribution in [-0.4, -0.2) is 35.6 Å². The van der Waals surface area contributed by atoms with Crippen LogP contribution >= 0.6 is 0 Å². The zero-order valence-electron chi connectivity index (χ0n) is 12.8. The first-order chi connectivity index (χ1) is 9.65. The first-order valence-corrected chi connectivity index (χ1v) is 7.68. The maximum atomic E-state index is 3.42. The van der Waals surface area contributed by atoms with E-state index >= 15 is 0 Å². The Balaban J connectivity index is 1.97. The number of nitrogens with zero attached hydrogens (tertiary/aromatic N) is 2. The minimum absolute atomic E-state index is 0.510. The summed E-state index contributed by atoms with van der Waals surface area (Å²) in [5, 5.41) is 4.84. The highest BCUT2D eigenvalue weighted by atomic mass is 15.2. The summed E-state index contributed by atoms with van der Waals surface area (Å²) >= 11 is 0. The lowest BCUT2D eigenvalue weighted by Gasteiger charge is -2.26. The van der Waals surface area contributed by atoms with Gasteiger partial charge in [-0.3, -0.25) is 4.90 Å². The molecule has 1 aromatic carbocycles. The predicted molar refractivity (Wildman–Crippen MR) is 85.2 cm³/mol. The predicted octanol–water partition coefficient (Wildman–Crippen LogP) is 2.94. The van der Waals surface area contributed by atoms with Crippen LogP contribution in [0.5, 0.6) is 0 Å². The quantitative estimate of drug-likeness (QED) is 0.926. The average Bonchev–Trinajstić information content (AvgIpc) is 2.78. The molecule has 0 saturated carbocycles. The Hall–Kier alpha value is -1.32. The van der Waals surface area contributed by atoms with Gasteiger partial charge in [0.25, 0.3) is 0 Å². The van der Waals surface area contributed by atoms with Gasteiger partial charge in [0, 0.05) is 55.9 Å². The summed E-state index contributed by atoms with van der Waals surface area (Å²) in [7, 11) is 0. The minimum atomic E-state index is 0.510. The second-order valence-electron chi connectivity index (χ2n) is 6.20. The lowest BCUT2D eigenvalue weighted by molar-refractivity contribution is 0.234. The van der Waals surface area contributed by atoms with E-state index in [-0.39, 0.29) is 0 Å². The van der Waals surface area contributed by atoms with Gasteiger partial charge >= 0.3 is 0 Å². The first-order valence-electron chi connectivity index (χ1n) is 7.68. The summed E-state index contributed by atoms with van der Waals surface area (Å²) in [5.74, 6) is 0. The van der Waals surface area contributed by atoms with Crippen molar-refractivity contribution in [1.29, 1.82) is 0 Å². The Morgan fingerprint density at radius 2 is 1.95 bits per heavy atom. The van der Waals surface area contributed by atoms with Gasteiger partial charge in [-0.25, -0.2) is 0 Å². The van der Waals surface area contributed by atoms with E-state index in [0.717, 1.165) is 32.7 Å². The van der Waals surface area contributed by atoms with Gasteiger partial charge in [0.05, 0.1) is 0 Å². The van der Waals surface area contributed by atoms with Gasteiger partial charge in [0.2, 0.25) is 0 Å². The summed E-state index contributed by atoms with van der Waals surface area (Å²) in [6, 6.07) is 7.35. The summed E-state index contributed by atoms with van der Waals surface area (Å²) in [5.41, 5.74) is 4.19. The summed E-state index contributed by atoms with van der Waals surface area (Å²) in [4.78, 5) is 2.55. The van der Waals surface area contributed by atoms with Crippen molar-refractivity contribution in [2.45, 2.75) is 33.4 Å². The molecule has 0 amide bonds. The molecule has 0 radical (unpaired) electrons. The Morgan fingerprint density at radius 1 is 1.20 bits per heavy atom. The van der Waals surface area contributed by atoms with Gasteiger partial charge in [0.15, 0.2) is 0 Å². The summed E-state index contributed by atoms with van der Waals surface area (Å²) in [6.07, 6.45) is 2.36. The molecule has 0 spiro atoms. The number of piperazine rings is 1. The van der Waals surface area contributed by atoms with Crippen LogP contribution < -0.4 is 5.32 Å². The Kier molecular flexibility index (Phi) is 3.81. The smallest absolute Gasteiger partial charge is 0.0488 e. The van der Waals surface area contributed by atoms with Gasteiger partial charge in [-0.05, 0) is 38.0 Å². The van der Waals surface area contributed by atoms with E-state index in [4.69, 9.17) is 0 Å². The molecule has 108 valence electrons. The molecule has 1 aromatic heterocycles. The zero-order valence-corrected chi connectivity index (χ0v) is 12.8. The molecule has 1 N–H and O–H groups in total. The maximum absolute atomic E-state index is 3.42. The maximum Gasteiger partial charge on any atom is 0.0488 e. The van der Waals surface area contributed by atoms with E-state index in [1.807, 2.05) is 0 Å². The van der Waals surface area contributed by atoms with Crippen molar-refractivity contribution in [3.8, 4) is 0 Å². The monoisotopic (exact) mass is 271 g/mol. The number of aromatic nitrogens is 1. The van der Waals surface area contributed by atoms with Crippen LogP contribution in [0.15, 0.2) is 24.4 Å². The fraction of sp³-hybridized carbons (Fsp3) is 0.529. The molecule has 1 aliphatic rings. The molecule has 1 saturated heterocycles. The molecule has 3 heteroatoms. The Labute approximate surface area is 121 Å². The molecule has 3 nitrogen and oxygen atoms in total. The molecule has 0 bridgehead atoms. The highest BCUT2D eigenvalue weighted by Crippen LogP contribution is 2.26. The van der Waals surface area contributed by atoms with Crippen LogP contribution in [0, 0.1) is 6.92 Å². The standard InChI is InChI=1S/C17H25N3/c1-13(2)20-12-15(11-19-8-6-18-7-9-19)16-5-4-14(3)10-17(16)20/h4-5,10,12-13,18H,6-9,11H2,1-3H3. The fourth-order valence-electron chi connectivity index (χ4n) is 3.10. The van der Waals surface area contributed by atoms with Crippen LogP contribution in [-0.2, 0) is 6.54 Å². The number of hydrogen-bond acceptors (Lipinski definition) is 2. The Morgan fingerprint density at radius 3 is 2.65 bits per heavy atom. The molecule has 0 aliphatic carbocycles. The second-order valence-corrected chi connectivity index (χ2v) is 6.20. The highest BCUT2D eigenvalue weighted by molar-refractivity contribution is 5.84. The molecule has 0 unspecified atom stereocenters. The third-order valence-corrected chi connectivity index (χ3v) is 4.23. The van der Waals surface area contributed by atoms with Gasteiger partial charge in [-0.2, -0.15) is 0 Å². The lowest BCUT2D eigenvalue weighted by atomic mass is 10.1. The Bertz CT molecular complexity index is 592. The number of rotatable bonds is 3. The lowest BCUT2D eigenvalue weighted by Crippen LogP contribution is -2.42. The van der Waals surface area contributed by atoms with E-state index in [0.29, 0.717) is 6.04 Å². The molecule has 1 aliphatic heterocycles. The van der Waals surface area contributed by atoms with Crippen LogP contribution in [0.3, 0.4) is 0 Å². The number of nitrogens with one attached hydrogen (secondary N) is 1. The van der Waals surface area contributed by atoms with Crippen LogP contribution in [0.1, 0.15) is 31.0 Å². The molecular formula is C17H25N3. The fourth-order valence-corrected chi connectivity index (χ4v) is 3.10. The van der Waals surface area contributed by atoms with Crippen molar-refractivity contribution >= 4 is 10.9 Å². The largest absolute Gasteiger partial charge is 0.345 e. The van der Waals surface area contributed by atoms with Crippen molar-refractivity contribution in [3.05, 3.63) is 35.5 Å². The van der Waals surface area contributed by atoms with E-state index in [1.165, 1.54) is 22.0 Å². The number of aryl methyl sites for hydroxylation is 1. The average molecular weight is 271 g/mol. The van der Waals surface area contributed by atoms with Crippen molar-refractivity contribution < 1.29 is 0 Å². The number of fused-ring (bicyclic) bond motifs is 1. The normalized spacial score (nSPS) is 17.2. The van der Waals surface area contributed by atoms with Crippen molar-refractivity contribution in [3.63, 3.8) is 0 Å². The summed E-state index contributed by atoms with van der Waals surface area (Å²) < 4.78 is 2.42. The van der Waals surface area contributed by atoms with Crippen molar-refractivity contribution in [2.24, 2.45) is 0 Å². The topological polar surface area (TPSA) is 20.2 Å². The molecule has 2 heterocycles. The van der Waals surface area contributed by atoms with Gasteiger partial charge < -0.3 is 9.88 Å². The van der Waals surface area contributed by atoms with Gasteiger partial charge in [-0.1, -0.05) is 12.1 Å². The van der Waals surface area contributed by atoms with E-state index in [1.54, 1.807) is 0 Å². The van der Waals surface area contributed by atoms with Crippen molar-refractivity contribution in [1.82, 2.24) is 14.8 Å². The van der Waals surface area contributed by atoms with Crippen LogP contribution in [0.4, 0.5) is 0 Å². The van der Waals surface area contributed by atoms with E-state index in [9.17, 15) is 0 Å². The number of hydrogen-bond donors (Lipinski definition) is 1. The minimum Gasteiger partial charge on any atom is -0.345 e. The molecule has 20 heavy (non-hydrogen) atoms. The van der Waals surface area contributed by atoms with Crippen LogP contribution in [0.25, 0.3) is 10.9 Å². The SMILES string of the molecule is Cc1ccc2c(CN3CCNCC3)cn(C(C)C)c2c1. The third kappa shape index (κ3) is 2.60. The molecule has 2 aromatic rings.